The standard InChI is InChI=1S/C23H20ClFN2O3S/c24-17-7-5-16(6-8-17)23(11-1-2-12-23)21(29)30-13-20(28)27-22-26-19(14-31-22)15-3-9-18(25)10-4-15/h3-10,14H,1-2,11-13H2,(H,26,27,28). The van der Waals surface area contributed by atoms with E-state index >= 15 is 0 Å². The molecule has 160 valence electrons. The highest BCUT2D eigenvalue weighted by molar-refractivity contribution is 7.14. The molecule has 1 heterocycles. The van der Waals surface area contributed by atoms with E-state index in [4.69, 9.17) is 16.3 Å². The molecule has 1 fully saturated rings. The van der Waals surface area contributed by atoms with Crippen molar-refractivity contribution in [3.63, 3.8) is 0 Å². The van der Waals surface area contributed by atoms with Gasteiger partial charge in [-0.1, -0.05) is 36.6 Å². The minimum Gasteiger partial charge on any atom is -0.455 e. The number of benzene rings is 2. The van der Waals surface area contributed by atoms with Crippen molar-refractivity contribution in [3.05, 3.63) is 70.3 Å². The predicted molar refractivity (Wildman–Crippen MR) is 119 cm³/mol. The maximum Gasteiger partial charge on any atom is 0.317 e. The third kappa shape index (κ3) is 4.78. The molecule has 1 N–H and O–H groups in total. The van der Waals surface area contributed by atoms with Gasteiger partial charge >= 0.3 is 5.97 Å². The van der Waals surface area contributed by atoms with Crippen molar-refractivity contribution in [2.75, 3.05) is 11.9 Å². The summed E-state index contributed by atoms with van der Waals surface area (Å²) in [7, 11) is 0. The Balaban J connectivity index is 1.37. The van der Waals surface area contributed by atoms with Crippen molar-refractivity contribution in [2.45, 2.75) is 31.1 Å². The monoisotopic (exact) mass is 458 g/mol. The van der Waals surface area contributed by atoms with E-state index in [1.807, 2.05) is 12.1 Å². The fraction of sp³-hybridized carbons (Fsp3) is 0.261. The van der Waals surface area contributed by atoms with Gasteiger partial charge in [-0.05, 0) is 54.8 Å². The van der Waals surface area contributed by atoms with Crippen LogP contribution in [0.3, 0.4) is 0 Å². The van der Waals surface area contributed by atoms with Crippen LogP contribution in [0, 0.1) is 5.82 Å². The molecule has 0 saturated heterocycles. The normalized spacial score (nSPS) is 14.9. The van der Waals surface area contributed by atoms with Gasteiger partial charge < -0.3 is 4.74 Å². The highest BCUT2D eigenvalue weighted by Crippen LogP contribution is 2.42. The second-order valence-corrected chi connectivity index (χ2v) is 8.76. The van der Waals surface area contributed by atoms with E-state index in [0.29, 0.717) is 28.7 Å². The molecule has 4 rings (SSSR count). The van der Waals surface area contributed by atoms with E-state index in [2.05, 4.69) is 10.3 Å². The number of ether oxygens (including phenoxy) is 1. The molecule has 1 aliphatic rings. The maximum absolute atomic E-state index is 13.1. The lowest BCUT2D eigenvalue weighted by Gasteiger charge is -2.27. The number of anilines is 1. The van der Waals surface area contributed by atoms with Crippen LogP contribution in [0.25, 0.3) is 11.3 Å². The Kier molecular flexibility index (Phi) is 6.34. The quantitative estimate of drug-likeness (QED) is 0.488. The van der Waals surface area contributed by atoms with Gasteiger partial charge in [0.05, 0.1) is 11.1 Å². The van der Waals surface area contributed by atoms with Gasteiger partial charge in [-0.25, -0.2) is 9.37 Å². The Morgan fingerprint density at radius 3 is 2.45 bits per heavy atom. The number of amides is 1. The van der Waals surface area contributed by atoms with Crippen molar-refractivity contribution < 1.29 is 18.7 Å². The van der Waals surface area contributed by atoms with E-state index < -0.39 is 17.3 Å². The number of carbonyl (C=O) groups excluding carboxylic acids is 2. The van der Waals surface area contributed by atoms with Crippen LogP contribution in [-0.2, 0) is 19.7 Å². The van der Waals surface area contributed by atoms with Crippen molar-refractivity contribution in [2.24, 2.45) is 0 Å². The van der Waals surface area contributed by atoms with E-state index in [-0.39, 0.29) is 12.4 Å². The van der Waals surface area contributed by atoms with Gasteiger partial charge in [0.1, 0.15) is 5.82 Å². The zero-order chi connectivity index (χ0) is 21.8. The minimum atomic E-state index is -0.734. The van der Waals surface area contributed by atoms with Gasteiger partial charge in [-0.3, -0.25) is 14.9 Å². The SMILES string of the molecule is O=C(COC(=O)C1(c2ccc(Cl)cc2)CCCC1)Nc1nc(-c2ccc(F)cc2)cs1. The first-order valence-electron chi connectivity index (χ1n) is 9.91. The zero-order valence-corrected chi connectivity index (χ0v) is 18.1. The van der Waals surface area contributed by atoms with Gasteiger partial charge in [-0.2, -0.15) is 0 Å². The summed E-state index contributed by atoms with van der Waals surface area (Å²) in [4.78, 5) is 29.6. The Morgan fingerprint density at radius 1 is 1.10 bits per heavy atom. The number of esters is 1. The molecular weight excluding hydrogens is 439 g/mol. The average molecular weight is 459 g/mol. The molecule has 0 unspecified atom stereocenters. The minimum absolute atomic E-state index is 0.326. The van der Waals surface area contributed by atoms with Crippen LogP contribution < -0.4 is 5.32 Å². The number of nitrogens with zero attached hydrogens (tertiary/aromatic N) is 1. The number of aromatic nitrogens is 1. The molecule has 1 saturated carbocycles. The lowest BCUT2D eigenvalue weighted by atomic mass is 9.79. The largest absolute Gasteiger partial charge is 0.455 e. The van der Waals surface area contributed by atoms with E-state index in [1.54, 1.807) is 29.6 Å². The van der Waals surface area contributed by atoms with Crippen LogP contribution in [0.4, 0.5) is 9.52 Å². The number of carbonyl (C=O) groups is 2. The van der Waals surface area contributed by atoms with Gasteiger partial charge in [0, 0.05) is 16.0 Å². The van der Waals surface area contributed by atoms with Gasteiger partial charge in [-0.15, -0.1) is 11.3 Å². The van der Waals surface area contributed by atoms with Gasteiger partial charge in [0.2, 0.25) is 0 Å². The molecule has 31 heavy (non-hydrogen) atoms. The molecule has 0 atom stereocenters. The summed E-state index contributed by atoms with van der Waals surface area (Å²) in [6, 6.07) is 13.2. The Labute approximate surface area is 188 Å². The Bertz CT molecular complexity index is 1080. The molecule has 2 aromatic carbocycles. The number of halogens is 2. The van der Waals surface area contributed by atoms with Crippen LogP contribution >= 0.6 is 22.9 Å². The van der Waals surface area contributed by atoms with Crippen LogP contribution in [0.1, 0.15) is 31.2 Å². The average Bonchev–Trinajstić information content (AvgIpc) is 3.44. The summed E-state index contributed by atoms with van der Waals surface area (Å²) in [5.41, 5.74) is 1.51. The first-order chi connectivity index (χ1) is 15.0. The Hall–Kier alpha value is -2.77. The summed E-state index contributed by atoms with van der Waals surface area (Å²) in [6.07, 6.45) is 3.22. The molecule has 1 aliphatic carbocycles. The maximum atomic E-state index is 13.1. The lowest BCUT2D eigenvalue weighted by Crippen LogP contribution is -2.36. The fourth-order valence-corrected chi connectivity index (χ4v) is 4.73. The fourth-order valence-electron chi connectivity index (χ4n) is 3.87. The number of nitrogens with one attached hydrogen (secondary N) is 1. The molecule has 1 amide bonds. The molecular formula is C23H20ClFN2O3S. The number of rotatable bonds is 6. The van der Waals surface area contributed by atoms with Crippen LogP contribution in [-0.4, -0.2) is 23.5 Å². The Morgan fingerprint density at radius 2 is 1.77 bits per heavy atom. The zero-order valence-electron chi connectivity index (χ0n) is 16.6. The first-order valence-corrected chi connectivity index (χ1v) is 11.2. The van der Waals surface area contributed by atoms with Gasteiger partial charge in [0.25, 0.3) is 5.91 Å². The lowest BCUT2D eigenvalue weighted by molar-refractivity contribution is -0.153. The van der Waals surface area contributed by atoms with E-state index in [1.165, 1.54) is 23.5 Å². The van der Waals surface area contributed by atoms with E-state index in [9.17, 15) is 14.0 Å². The summed E-state index contributed by atoms with van der Waals surface area (Å²) >= 11 is 7.22. The third-order valence-electron chi connectivity index (χ3n) is 5.47. The number of hydrogen-bond donors (Lipinski definition) is 1. The summed E-state index contributed by atoms with van der Waals surface area (Å²) < 4.78 is 18.5. The second kappa shape index (κ2) is 9.16. The summed E-state index contributed by atoms with van der Waals surface area (Å²) in [5, 5.41) is 5.40. The number of thiazole rings is 1. The van der Waals surface area contributed by atoms with Crippen LogP contribution in [0.2, 0.25) is 5.02 Å². The van der Waals surface area contributed by atoms with Crippen LogP contribution in [0.5, 0.6) is 0 Å². The summed E-state index contributed by atoms with van der Waals surface area (Å²) in [6.45, 7) is -0.389. The van der Waals surface area contributed by atoms with Crippen LogP contribution in [0.15, 0.2) is 53.9 Å². The van der Waals surface area contributed by atoms with Crippen molar-refractivity contribution in [3.8, 4) is 11.3 Å². The molecule has 5 nitrogen and oxygen atoms in total. The van der Waals surface area contributed by atoms with Gasteiger partial charge in [0.15, 0.2) is 11.7 Å². The van der Waals surface area contributed by atoms with Crippen molar-refractivity contribution in [1.29, 1.82) is 0 Å². The smallest absolute Gasteiger partial charge is 0.317 e. The molecule has 3 aromatic rings. The molecule has 0 spiro atoms. The predicted octanol–water partition coefficient (Wildman–Crippen LogP) is 5.60. The molecule has 8 heteroatoms. The van der Waals surface area contributed by atoms with Crippen molar-refractivity contribution >= 4 is 39.9 Å². The number of hydrogen-bond acceptors (Lipinski definition) is 5. The molecule has 0 bridgehead atoms. The summed E-state index contributed by atoms with van der Waals surface area (Å²) in [5.74, 6) is -1.18. The highest BCUT2D eigenvalue weighted by Gasteiger charge is 2.44. The highest BCUT2D eigenvalue weighted by atomic mass is 35.5. The van der Waals surface area contributed by atoms with Crippen molar-refractivity contribution in [1.82, 2.24) is 4.98 Å². The topological polar surface area (TPSA) is 68.3 Å². The molecule has 0 aliphatic heterocycles. The molecule has 0 radical (unpaired) electrons. The van der Waals surface area contributed by atoms with E-state index in [0.717, 1.165) is 24.0 Å². The first kappa shape index (κ1) is 21.5. The second-order valence-electron chi connectivity index (χ2n) is 7.47. The third-order valence-corrected chi connectivity index (χ3v) is 6.48. The molecule has 1 aromatic heterocycles.